The molecule has 0 saturated carbocycles. The molecule has 4 nitrogen and oxygen atoms in total. The first-order valence-electron chi connectivity index (χ1n) is 7.84. The van der Waals surface area contributed by atoms with Gasteiger partial charge in [0.25, 0.3) is 5.91 Å². The van der Waals surface area contributed by atoms with Crippen LogP contribution in [0.5, 0.6) is 5.75 Å². The second kappa shape index (κ2) is 7.97. The number of anilines is 1. The Bertz CT molecular complexity index is 941. The van der Waals surface area contributed by atoms with Crippen LogP contribution in [0.2, 0.25) is 0 Å². The van der Waals surface area contributed by atoms with Crippen LogP contribution in [-0.4, -0.2) is 10.9 Å². The number of rotatable bonds is 5. The summed E-state index contributed by atoms with van der Waals surface area (Å²) in [6.45, 7) is 3.98. The van der Waals surface area contributed by atoms with Crippen LogP contribution >= 0.6 is 27.3 Å². The Morgan fingerprint density at radius 2 is 1.96 bits per heavy atom. The third-order valence-electron chi connectivity index (χ3n) is 3.64. The molecule has 0 fully saturated rings. The molecule has 0 saturated heterocycles. The van der Waals surface area contributed by atoms with Crippen molar-refractivity contribution in [3.05, 3.63) is 73.9 Å². The molecular weight excluding hydrogens is 419 g/mol. The van der Waals surface area contributed by atoms with Crippen molar-refractivity contribution in [1.82, 2.24) is 4.98 Å². The molecule has 1 N–H and O–H groups in total. The Balaban J connectivity index is 1.67. The average molecular weight is 435 g/mol. The number of amides is 1. The van der Waals surface area contributed by atoms with Gasteiger partial charge in [-0.15, -0.1) is 11.3 Å². The van der Waals surface area contributed by atoms with E-state index in [1.165, 1.54) is 23.5 Å². The van der Waals surface area contributed by atoms with E-state index in [1.54, 1.807) is 19.1 Å². The molecule has 0 aliphatic rings. The molecule has 3 rings (SSSR count). The Labute approximate surface area is 163 Å². The standard InChI is InChI=1S/C19H16BrFN2O2S/c1-11-9-14(5-8-16(11)20)23-19(24)18-12(2)22-17(26-18)10-25-15-6-3-13(21)4-7-15/h3-9H,10H2,1-2H3,(H,23,24). The van der Waals surface area contributed by atoms with E-state index in [1.807, 2.05) is 25.1 Å². The second-order valence-corrected chi connectivity index (χ2v) is 7.62. The third-order valence-corrected chi connectivity index (χ3v) is 5.66. The minimum atomic E-state index is -0.315. The summed E-state index contributed by atoms with van der Waals surface area (Å²) in [5, 5.41) is 3.57. The number of nitrogens with zero attached hydrogens (tertiary/aromatic N) is 1. The number of aromatic nitrogens is 1. The van der Waals surface area contributed by atoms with Gasteiger partial charge in [0.2, 0.25) is 0 Å². The summed E-state index contributed by atoms with van der Waals surface area (Å²) in [5.41, 5.74) is 2.42. The maximum Gasteiger partial charge on any atom is 0.267 e. The van der Waals surface area contributed by atoms with E-state index >= 15 is 0 Å². The van der Waals surface area contributed by atoms with Crippen LogP contribution in [0.3, 0.4) is 0 Å². The highest BCUT2D eigenvalue weighted by atomic mass is 79.9. The van der Waals surface area contributed by atoms with Crippen molar-refractivity contribution >= 4 is 38.9 Å². The largest absolute Gasteiger partial charge is 0.486 e. The van der Waals surface area contributed by atoms with Crippen LogP contribution in [0.15, 0.2) is 46.9 Å². The normalized spacial score (nSPS) is 10.6. The zero-order valence-corrected chi connectivity index (χ0v) is 16.6. The maximum atomic E-state index is 12.9. The summed E-state index contributed by atoms with van der Waals surface area (Å²) >= 11 is 4.73. The molecule has 0 aliphatic carbocycles. The smallest absolute Gasteiger partial charge is 0.267 e. The number of nitrogens with one attached hydrogen (secondary N) is 1. The van der Waals surface area contributed by atoms with Gasteiger partial charge in [-0.25, -0.2) is 9.37 Å². The minimum Gasteiger partial charge on any atom is -0.486 e. The topological polar surface area (TPSA) is 51.2 Å². The number of halogens is 2. The van der Waals surface area contributed by atoms with Gasteiger partial charge < -0.3 is 10.1 Å². The van der Waals surface area contributed by atoms with Gasteiger partial charge in [0.15, 0.2) is 0 Å². The van der Waals surface area contributed by atoms with E-state index in [-0.39, 0.29) is 18.3 Å². The molecule has 26 heavy (non-hydrogen) atoms. The Kier molecular flexibility index (Phi) is 5.68. The first-order valence-corrected chi connectivity index (χ1v) is 9.45. The molecule has 0 unspecified atom stereocenters. The highest BCUT2D eigenvalue weighted by Gasteiger charge is 2.16. The quantitative estimate of drug-likeness (QED) is 0.577. The predicted molar refractivity (Wildman–Crippen MR) is 104 cm³/mol. The Morgan fingerprint density at radius 1 is 1.23 bits per heavy atom. The Morgan fingerprint density at radius 3 is 2.65 bits per heavy atom. The number of aryl methyl sites for hydroxylation is 2. The summed E-state index contributed by atoms with van der Waals surface area (Å²) in [7, 11) is 0. The van der Waals surface area contributed by atoms with Gasteiger partial charge in [-0.1, -0.05) is 15.9 Å². The van der Waals surface area contributed by atoms with E-state index in [4.69, 9.17) is 4.74 Å². The molecule has 0 radical (unpaired) electrons. The highest BCUT2D eigenvalue weighted by Crippen LogP contribution is 2.24. The summed E-state index contributed by atoms with van der Waals surface area (Å²) < 4.78 is 19.5. The fourth-order valence-electron chi connectivity index (χ4n) is 2.31. The number of carbonyl (C=O) groups excluding carboxylic acids is 1. The van der Waals surface area contributed by atoms with Crippen molar-refractivity contribution in [2.24, 2.45) is 0 Å². The fourth-order valence-corrected chi connectivity index (χ4v) is 3.43. The molecule has 7 heteroatoms. The number of carbonyl (C=O) groups is 1. The van der Waals surface area contributed by atoms with Crippen LogP contribution in [0.1, 0.15) is 25.9 Å². The summed E-state index contributed by atoms with van der Waals surface area (Å²) in [6, 6.07) is 11.4. The van der Waals surface area contributed by atoms with E-state index in [9.17, 15) is 9.18 Å². The van der Waals surface area contributed by atoms with Crippen molar-refractivity contribution in [3.8, 4) is 5.75 Å². The zero-order chi connectivity index (χ0) is 18.7. The first kappa shape index (κ1) is 18.5. The monoisotopic (exact) mass is 434 g/mol. The number of benzene rings is 2. The summed E-state index contributed by atoms with van der Waals surface area (Å²) in [6.07, 6.45) is 0. The highest BCUT2D eigenvalue weighted by molar-refractivity contribution is 9.10. The van der Waals surface area contributed by atoms with Gasteiger partial charge >= 0.3 is 0 Å². The van der Waals surface area contributed by atoms with Crippen molar-refractivity contribution in [2.45, 2.75) is 20.5 Å². The Hall–Kier alpha value is -2.25. The van der Waals surface area contributed by atoms with Crippen molar-refractivity contribution in [1.29, 1.82) is 0 Å². The van der Waals surface area contributed by atoms with Gasteiger partial charge in [-0.2, -0.15) is 0 Å². The SMILES string of the molecule is Cc1cc(NC(=O)c2sc(COc3ccc(F)cc3)nc2C)ccc1Br. The first-order chi connectivity index (χ1) is 12.4. The lowest BCUT2D eigenvalue weighted by molar-refractivity contribution is 0.103. The predicted octanol–water partition coefficient (Wildman–Crippen LogP) is 5.49. The van der Waals surface area contributed by atoms with Crippen molar-refractivity contribution in [3.63, 3.8) is 0 Å². The van der Waals surface area contributed by atoms with Gasteiger partial charge in [-0.05, 0) is 61.9 Å². The van der Waals surface area contributed by atoms with E-state index < -0.39 is 0 Å². The second-order valence-electron chi connectivity index (χ2n) is 5.68. The molecule has 0 bridgehead atoms. The summed E-state index contributed by atoms with van der Waals surface area (Å²) in [4.78, 5) is 17.5. The molecule has 1 heterocycles. The van der Waals surface area contributed by atoms with Crippen LogP contribution in [0.25, 0.3) is 0 Å². The maximum absolute atomic E-state index is 12.9. The molecule has 0 aliphatic heterocycles. The lowest BCUT2D eigenvalue weighted by Crippen LogP contribution is -2.11. The average Bonchev–Trinajstić information content (AvgIpc) is 2.98. The van der Waals surface area contributed by atoms with Crippen molar-refractivity contribution in [2.75, 3.05) is 5.32 Å². The summed E-state index contributed by atoms with van der Waals surface area (Å²) in [5.74, 6) is 0.0370. The lowest BCUT2D eigenvalue weighted by Gasteiger charge is -2.06. The van der Waals surface area contributed by atoms with Gasteiger partial charge in [0.1, 0.15) is 28.1 Å². The van der Waals surface area contributed by atoms with Crippen LogP contribution in [-0.2, 0) is 6.61 Å². The zero-order valence-electron chi connectivity index (χ0n) is 14.2. The number of hydrogen-bond acceptors (Lipinski definition) is 4. The van der Waals surface area contributed by atoms with Crippen LogP contribution in [0, 0.1) is 19.7 Å². The van der Waals surface area contributed by atoms with E-state index in [2.05, 4.69) is 26.2 Å². The van der Waals surface area contributed by atoms with Crippen LogP contribution in [0.4, 0.5) is 10.1 Å². The van der Waals surface area contributed by atoms with Crippen LogP contribution < -0.4 is 10.1 Å². The van der Waals surface area contributed by atoms with E-state index in [0.29, 0.717) is 21.3 Å². The van der Waals surface area contributed by atoms with Gasteiger partial charge in [0, 0.05) is 10.2 Å². The van der Waals surface area contributed by atoms with Gasteiger partial charge in [0.05, 0.1) is 5.69 Å². The minimum absolute atomic E-state index is 0.199. The fraction of sp³-hybridized carbons (Fsp3) is 0.158. The molecule has 0 spiro atoms. The molecule has 134 valence electrons. The molecule has 1 amide bonds. The number of ether oxygens (including phenoxy) is 1. The van der Waals surface area contributed by atoms with Crippen molar-refractivity contribution < 1.29 is 13.9 Å². The molecule has 0 atom stereocenters. The third kappa shape index (κ3) is 4.47. The van der Waals surface area contributed by atoms with Gasteiger partial charge in [-0.3, -0.25) is 4.79 Å². The number of hydrogen-bond donors (Lipinski definition) is 1. The molecule has 3 aromatic rings. The lowest BCUT2D eigenvalue weighted by atomic mass is 10.2. The molecule has 1 aromatic heterocycles. The molecular formula is C19H16BrFN2O2S. The number of thiazole rings is 1. The van der Waals surface area contributed by atoms with E-state index in [0.717, 1.165) is 15.7 Å². The molecule has 2 aromatic carbocycles.